The molecule has 0 amide bonds. The van der Waals surface area contributed by atoms with E-state index < -0.39 is 5.41 Å². The summed E-state index contributed by atoms with van der Waals surface area (Å²) in [6.07, 6.45) is 2.20. The molecule has 3 heterocycles. The van der Waals surface area contributed by atoms with Crippen LogP contribution in [0, 0.1) is 0 Å². The zero-order valence-electron chi connectivity index (χ0n) is 32.0. The van der Waals surface area contributed by atoms with E-state index >= 15 is 0 Å². The number of fused-ring (bicyclic) bond motifs is 16. The highest BCUT2D eigenvalue weighted by molar-refractivity contribution is 7.21. The summed E-state index contributed by atoms with van der Waals surface area (Å²) < 4.78 is 7.52. The molecule has 58 heavy (non-hydrogen) atoms. The highest BCUT2D eigenvalue weighted by Gasteiger charge is 2.52. The van der Waals surface area contributed by atoms with Crippen molar-refractivity contribution in [1.29, 1.82) is 0 Å². The van der Waals surface area contributed by atoms with Gasteiger partial charge in [-0.2, -0.15) is 0 Å². The third-order valence-corrected chi connectivity index (χ3v) is 16.1. The molecule has 0 aliphatic heterocycles. The molecule has 0 saturated heterocycles. The van der Waals surface area contributed by atoms with Gasteiger partial charge in [0.05, 0.1) is 11.1 Å². The first kappa shape index (κ1) is 31.8. The topological polar surface area (TPSA) is 16.4 Å². The molecule has 4 heteroatoms. The minimum Gasteiger partial charge on any atom is -0.453 e. The van der Waals surface area contributed by atoms with Crippen LogP contribution in [0.15, 0.2) is 155 Å². The number of anilines is 3. The van der Waals surface area contributed by atoms with Crippen molar-refractivity contribution in [1.82, 2.24) is 0 Å². The summed E-state index contributed by atoms with van der Waals surface area (Å²) in [6, 6.07) is 52.7. The number of hydrogen-bond donors (Lipinski definition) is 0. The second-order valence-electron chi connectivity index (χ2n) is 17.1. The summed E-state index contributed by atoms with van der Waals surface area (Å²) in [5.41, 5.74) is 21.1. The fourth-order valence-corrected chi connectivity index (χ4v) is 13.8. The molecule has 4 aliphatic carbocycles. The number of furan rings is 1. The van der Waals surface area contributed by atoms with E-state index in [9.17, 15) is 0 Å². The zero-order valence-corrected chi connectivity index (χ0v) is 33.7. The van der Waals surface area contributed by atoms with Crippen LogP contribution in [0.1, 0.15) is 58.4 Å². The lowest BCUT2D eigenvalue weighted by Gasteiger charge is -2.39. The SMILES string of the molecule is CC1(C)c2ccccc2-c2ccc(N(c3ccccc3)c3cccc4c3oc3c5c(ccc34)C3(c4ccsc4-c4sccc43)c3ccc4c6c(ccc-5c36)CC4)cc21. The minimum atomic E-state index is -0.409. The van der Waals surface area contributed by atoms with Crippen LogP contribution in [0.4, 0.5) is 17.1 Å². The highest BCUT2D eigenvalue weighted by Crippen LogP contribution is 2.66. The Kier molecular flexibility index (Phi) is 5.95. The maximum Gasteiger partial charge on any atom is 0.159 e. The Balaban J connectivity index is 1.07. The Hall–Kier alpha value is -6.20. The van der Waals surface area contributed by atoms with E-state index in [0.717, 1.165) is 51.8 Å². The van der Waals surface area contributed by atoms with Crippen molar-refractivity contribution in [2.75, 3.05) is 4.90 Å². The van der Waals surface area contributed by atoms with Gasteiger partial charge < -0.3 is 9.32 Å². The Morgan fingerprint density at radius 1 is 0.500 bits per heavy atom. The molecule has 0 N–H and O–H groups in total. The van der Waals surface area contributed by atoms with E-state index in [2.05, 4.69) is 169 Å². The first-order chi connectivity index (χ1) is 28.5. The number of benzene rings is 7. The summed E-state index contributed by atoms with van der Waals surface area (Å²) in [4.78, 5) is 5.23. The molecular formula is C54H35NOS2. The molecule has 3 aromatic heterocycles. The molecule has 0 saturated carbocycles. The Bertz CT molecular complexity index is 3400. The number of thiophene rings is 2. The van der Waals surface area contributed by atoms with Crippen LogP contribution >= 0.6 is 22.7 Å². The van der Waals surface area contributed by atoms with E-state index in [1.807, 2.05) is 22.7 Å². The molecule has 0 radical (unpaired) electrons. The average Bonchev–Trinajstić information content (AvgIpc) is 4.12. The summed E-state index contributed by atoms with van der Waals surface area (Å²) in [6.45, 7) is 4.72. The third kappa shape index (κ3) is 3.67. The number of rotatable bonds is 3. The number of hydrogen-bond acceptors (Lipinski definition) is 4. The van der Waals surface area contributed by atoms with Crippen molar-refractivity contribution >= 4 is 72.4 Å². The lowest BCUT2D eigenvalue weighted by molar-refractivity contribution is 0.660. The van der Waals surface area contributed by atoms with Crippen molar-refractivity contribution in [3.05, 3.63) is 195 Å². The first-order valence-electron chi connectivity index (χ1n) is 20.4. The zero-order chi connectivity index (χ0) is 38.1. The fourth-order valence-electron chi connectivity index (χ4n) is 11.7. The molecular weight excluding hydrogens is 743 g/mol. The van der Waals surface area contributed by atoms with Crippen LogP contribution in [0.3, 0.4) is 0 Å². The van der Waals surface area contributed by atoms with Gasteiger partial charge in [0, 0.05) is 42.9 Å². The largest absolute Gasteiger partial charge is 0.453 e. The van der Waals surface area contributed by atoms with Crippen LogP contribution in [-0.4, -0.2) is 0 Å². The molecule has 4 aliphatic rings. The smallest absolute Gasteiger partial charge is 0.159 e. The Morgan fingerprint density at radius 2 is 1.19 bits per heavy atom. The van der Waals surface area contributed by atoms with Gasteiger partial charge in [-0.15, -0.1) is 22.7 Å². The van der Waals surface area contributed by atoms with Gasteiger partial charge in [0.1, 0.15) is 5.58 Å². The lowest BCUT2D eigenvalue weighted by Crippen LogP contribution is -2.31. The van der Waals surface area contributed by atoms with E-state index in [1.54, 1.807) is 0 Å². The number of nitrogens with zero attached hydrogens (tertiary/aromatic N) is 1. The quantitative estimate of drug-likeness (QED) is 0.178. The predicted octanol–water partition coefficient (Wildman–Crippen LogP) is 15.1. The molecule has 0 unspecified atom stereocenters. The number of para-hydroxylation sites is 2. The average molecular weight is 778 g/mol. The van der Waals surface area contributed by atoms with Crippen molar-refractivity contribution < 1.29 is 4.42 Å². The van der Waals surface area contributed by atoms with Crippen LogP contribution in [0.5, 0.6) is 0 Å². The summed E-state index contributed by atoms with van der Waals surface area (Å²) in [5.74, 6) is 0. The van der Waals surface area contributed by atoms with E-state index in [0.29, 0.717) is 0 Å². The summed E-state index contributed by atoms with van der Waals surface area (Å²) >= 11 is 3.77. The van der Waals surface area contributed by atoms with Crippen molar-refractivity contribution in [2.45, 2.75) is 37.5 Å². The molecule has 14 rings (SSSR count). The summed E-state index contributed by atoms with van der Waals surface area (Å²) in [5, 5.41) is 9.77. The van der Waals surface area contributed by atoms with E-state index in [-0.39, 0.29) is 5.41 Å². The van der Waals surface area contributed by atoms with Gasteiger partial charge in [-0.1, -0.05) is 111 Å². The van der Waals surface area contributed by atoms with Gasteiger partial charge in [-0.05, 0) is 138 Å². The minimum absolute atomic E-state index is 0.117. The third-order valence-electron chi connectivity index (χ3n) is 14.1. The van der Waals surface area contributed by atoms with Gasteiger partial charge in [0.25, 0.3) is 0 Å². The monoisotopic (exact) mass is 777 g/mol. The molecule has 2 nitrogen and oxygen atoms in total. The maximum absolute atomic E-state index is 7.52. The molecule has 7 aromatic carbocycles. The standard InChI is InChI=1S/C54H35NOS2/c1-53(2)39-13-7-6-11-34(39)35-21-19-33(29-44(35)53)55(32-9-4-3-5-10-32)45-14-8-12-36-37-22-24-41-48(50(37)56-49(36)45)38-20-17-30-15-16-31-18-23-40(47(38)46(30)31)54(41)42-25-27-57-51(42)52-43(54)26-28-58-52/h3-14,17-29H,15-16H2,1-2H3. The molecule has 0 bridgehead atoms. The van der Waals surface area contributed by atoms with Crippen molar-refractivity contribution in [3.63, 3.8) is 0 Å². The Labute approximate surface area is 344 Å². The van der Waals surface area contributed by atoms with Gasteiger partial charge in [0.2, 0.25) is 0 Å². The van der Waals surface area contributed by atoms with Gasteiger partial charge in [-0.25, -0.2) is 0 Å². The van der Waals surface area contributed by atoms with Gasteiger partial charge in [0.15, 0.2) is 5.58 Å². The predicted molar refractivity (Wildman–Crippen MR) is 243 cm³/mol. The second kappa shape index (κ2) is 10.8. The van der Waals surface area contributed by atoms with Crippen molar-refractivity contribution in [3.8, 4) is 32.0 Å². The molecule has 10 aromatic rings. The van der Waals surface area contributed by atoms with Crippen LogP contribution < -0.4 is 4.90 Å². The first-order valence-corrected chi connectivity index (χ1v) is 22.1. The van der Waals surface area contributed by atoms with E-state index in [1.165, 1.54) is 87.3 Å². The maximum atomic E-state index is 7.52. The van der Waals surface area contributed by atoms with Crippen LogP contribution in [0.25, 0.3) is 64.7 Å². The van der Waals surface area contributed by atoms with Crippen molar-refractivity contribution in [2.24, 2.45) is 0 Å². The summed E-state index contributed by atoms with van der Waals surface area (Å²) in [7, 11) is 0. The highest BCUT2D eigenvalue weighted by atomic mass is 32.1. The molecule has 1 spiro atoms. The normalized spacial score (nSPS) is 15.6. The number of aryl methyl sites for hydroxylation is 2. The van der Waals surface area contributed by atoms with Crippen LogP contribution in [-0.2, 0) is 23.7 Å². The molecule has 274 valence electrons. The Morgan fingerprint density at radius 3 is 2.00 bits per heavy atom. The van der Waals surface area contributed by atoms with E-state index in [4.69, 9.17) is 4.42 Å². The second-order valence-corrected chi connectivity index (χ2v) is 18.9. The van der Waals surface area contributed by atoms with Gasteiger partial charge >= 0.3 is 0 Å². The molecule has 0 fully saturated rings. The fraction of sp³-hybridized carbons (Fsp3) is 0.111. The van der Waals surface area contributed by atoms with Crippen LogP contribution in [0.2, 0.25) is 0 Å². The van der Waals surface area contributed by atoms with Gasteiger partial charge in [-0.3, -0.25) is 0 Å². The molecule has 0 atom stereocenters. The lowest BCUT2D eigenvalue weighted by atomic mass is 9.61.